The molecule has 1 aliphatic rings. The van der Waals surface area contributed by atoms with E-state index >= 15 is 0 Å². The van der Waals surface area contributed by atoms with Crippen LogP contribution in [-0.2, 0) is 22.0 Å². The van der Waals surface area contributed by atoms with Crippen LogP contribution >= 0.6 is 0 Å². The molecule has 3 rings (SSSR count). The number of ether oxygens (including phenoxy) is 2. The number of fused-ring (bicyclic) bond motifs is 1. The molecule has 2 aromatic rings. The van der Waals surface area contributed by atoms with E-state index in [1.165, 1.54) is 13.2 Å². The summed E-state index contributed by atoms with van der Waals surface area (Å²) in [6.45, 7) is -0.104. The topological polar surface area (TPSA) is 84.9 Å². The first-order chi connectivity index (χ1) is 12.4. The Hall–Kier alpha value is -2.09. The Bertz CT molecular complexity index is 897. The highest BCUT2D eigenvalue weighted by molar-refractivity contribution is 7.89. The smallest absolute Gasteiger partial charge is 0.244 e. The van der Waals surface area contributed by atoms with E-state index < -0.39 is 15.6 Å². The quantitative estimate of drug-likeness (QED) is 0.806. The van der Waals surface area contributed by atoms with Crippen LogP contribution in [0.3, 0.4) is 0 Å². The highest BCUT2D eigenvalue weighted by Gasteiger charge is 2.36. The van der Waals surface area contributed by atoms with Crippen LogP contribution in [0.15, 0.2) is 47.4 Å². The van der Waals surface area contributed by atoms with Crippen LogP contribution in [0.2, 0.25) is 0 Å². The van der Waals surface area contributed by atoms with Gasteiger partial charge in [-0.3, -0.25) is 0 Å². The third-order valence-corrected chi connectivity index (χ3v) is 6.20. The Kier molecular flexibility index (Phi) is 5.22. The van der Waals surface area contributed by atoms with Crippen molar-refractivity contribution in [3.63, 3.8) is 0 Å². The fourth-order valence-electron chi connectivity index (χ4n) is 3.38. The summed E-state index contributed by atoms with van der Waals surface area (Å²) < 4.78 is 38.3. The van der Waals surface area contributed by atoms with Crippen LogP contribution in [-0.4, -0.2) is 34.3 Å². The van der Waals surface area contributed by atoms with Gasteiger partial charge in [-0.2, -0.15) is 0 Å². The van der Waals surface area contributed by atoms with Gasteiger partial charge in [0.2, 0.25) is 10.0 Å². The van der Waals surface area contributed by atoms with Crippen LogP contribution in [0.25, 0.3) is 0 Å². The summed E-state index contributed by atoms with van der Waals surface area (Å²) in [5.74, 6) is 0.989. The van der Waals surface area contributed by atoms with Gasteiger partial charge in [-0.1, -0.05) is 18.2 Å². The van der Waals surface area contributed by atoms with Crippen LogP contribution in [0.1, 0.15) is 24.0 Å². The summed E-state index contributed by atoms with van der Waals surface area (Å²) in [6.07, 6.45) is 2.09. The van der Waals surface area contributed by atoms with Gasteiger partial charge in [0.15, 0.2) is 0 Å². The van der Waals surface area contributed by atoms with E-state index in [1.54, 1.807) is 31.4 Å². The lowest BCUT2D eigenvalue weighted by Gasteiger charge is -2.34. The Balaban J connectivity index is 1.86. The molecule has 0 saturated heterocycles. The van der Waals surface area contributed by atoms with Gasteiger partial charge >= 0.3 is 0 Å². The maximum Gasteiger partial charge on any atom is 0.244 e. The average molecular weight is 377 g/mol. The number of nitrogens with one attached hydrogen (secondary N) is 1. The first-order valence-corrected chi connectivity index (χ1v) is 9.90. The van der Waals surface area contributed by atoms with Gasteiger partial charge in [0, 0.05) is 6.54 Å². The molecule has 7 heteroatoms. The Morgan fingerprint density at radius 1 is 1.15 bits per heavy atom. The molecular formula is C19H23NO5S. The highest BCUT2D eigenvalue weighted by Crippen LogP contribution is 2.37. The van der Waals surface area contributed by atoms with Gasteiger partial charge in [0.1, 0.15) is 22.0 Å². The standard InChI is InChI=1S/C19H23NO5S/c1-24-15-9-10-16-14(12-15)6-5-11-19(16,21)13-20-26(22,23)18-8-4-3-7-17(18)25-2/h3-4,7-10,12,20-21H,5-6,11,13H2,1-2H3. The Morgan fingerprint density at radius 2 is 1.92 bits per heavy atom. The monoisotopic (exact) mass is 377 g/mol. The molecule has 26 heavy (non-hydrogen) atoms. The molecule has 0 radical (unpaired) electrons. The molecule has 2 aromatic carbocycles. The normalized spacial score (nSPS) is 19.7. The van der Waals surface area contributed by atoms with Crippen molar-refractivity contribution in [3.8, 4) is 11.5 Å². The van der Waals surface area contributed by atoms with Crippen molar-refractivity contribution in [2.24, 2.45) is 0 Å². The molecule has 0 bridgehead atoms. The van der Waals surface area contributed by atoms with Crippen molar-refractivity contribution >= 4 is 10.0 Å². The van der Waals surface area contributed by atoms with Gasteiger partial charge in [-0.25, -0.2) is 13.1 Å². The second kappa shape index (κ2) is 7.26. The second-order valence-electron chi connectivity index (χ2n) is 6.38. The molecule has 0 aromatic heterocycles. The highest BCUT2D eigenvalue weighted by atomic mass is 32.2. The summed E-state index contributed by atoms with van der Waals surface area (Å²) >= 11 is 0. The van der Waals surface area contributed by atoms with Gasteiger partial charge in [0.05, 0.1) is 14.2 Å². The van der Waals surface area contributed by atoms with Crippen molar-refractivity contribution in [1.82, 2.24) is 4.72 Å². The molecule has 1 unspecified atom stereocenters. The zero-order valence-corrected chi connectivity index (χ0v) is 15.7. The summed E-state index contributed by atoms with van der Waals surface area (Å²) in [6, 6.07) is 11.9. The number of aliphatic hydroxyl groups is 1. The molecule has 1 aliphatic carbocycles. The molecule has 0 aliphatic heterocycles. The van der Waals surface area contributed by atoms with Crippen molar-refractivity contribution in [3.05, 3.63) is 53.6 Å². The summed E-state index contributed by atoms with van der Waals surface area (Å²) in [4.78, 5) is 0.0527. The molecule has 0 saturated carbocycles. The second-order valence-corrected chi connectivity index (χ2v) is 8.12. The summed E-state index contributed by atoms with van der Waals surface area (Å²) in [5.41, 5.74) is 0.469. The van der Waals surface area contributed by atoms with Crippen molar-refractivity contribution in [2.45, 2.75) is 29.8 Å². The van der Waals surface area contributed by atoms with Gasteiger partial charge in [-0.05, 0) is 54.7 Å². The Morgan fingerprint density at radius 3 is 2.65 bits per heavy atom. The number of benzene rings is 2. The van der Waals surface area contributed by atoms with Crippen molar-refractivity contribution in [1.29, 1.82) is 0 Å². The van der Waals surface area contributed by atoms with E-state index in [-0.39, 0.29) is 17.2 Å². The van der Waals surface area contributed by atoms with Crippen LogP contribution < -0.4 is 14.2 Å². The zero-order valence-electron chi connectivity index (χ0n) is 14.9. The number of para-hydroxylation sites is 1. The predicted molar refractivity (Wildman–Crippen MR) is 98.0 cm³/mol. The van der Waals surface area contributed by atoms with E-state index in [9.17, 15) is 13.5 Å². The largest absolute Gasteiger partial charge is 0.497 e. The third kappa shape index (κ3) is 3.56. The first kappa shape index (κ1) is 18.7. The fraction of sp³-hybridized carbons (Fsp3) is 0.368. The maximum absolute atomic E-state index is 12.7. The number of aryl methyl sites for hydroxylation is 1. The molecular weight excluding hydrogens is 354 g/mol. The van der Waals surface area contributed by atoms with Gasteiger partial charge in [-0.15, -0.1) is 0 Å². The zero-order chi connectivity index (χ0) is 18.8. The average Bonchev–Trinajstić information content (AvgIpc) is 2.66. The van der Waals surface area contributed by atoms with Crippen molar-refractivity contribution < 1.29 is 23.0 Å². The molecule has 2 N–H and O–H groups in total. The molecule has 6 nitrogen and oxygen atoms in total. The molecule has 0 fully saturated rings. The number of hydrogen-bond donors (Lipinski definition) is 2. The van der Waals surface area contributed by atoms with E-state index in [1.807, 2.05) is 12.1 Å². The molecule has 1 atom stereocenters. The van der Waals surface area contributed by atoms with Crippen LogP contribution in [0.4, 0.5) is 0 Å². The number of rotatable bonds is 6. The number of methoxy groups -OCH3 is 2. The minimum atomic E-state index is -3.82. The Labute approximate surface area is 153 Å². The fourth-order valence-corrected chi connectivity index (χ4v) is 4.64. The van der Waals surface area contributed by atoms with Gasteiger partial charge in [0.25, 0.3) is 0 Å². The van der Waals surface area contributed by atoms with E-state index in [0.29, 0.717) is 6.42 Å². The number of sulfonamides is 1. The first-order valence-electron chi connectivity index (χ1n) is 8.42. The molecule has 0 heterocycles. The summed E-state index contributed by atoms with van der Waals surface area (Å²) in [7, 11) is -0.797. The summed E-state index contributed by atoms with van der Waals surface area (Å²) in [5, 5.41) is 11.1. The van der Waals surface area contributed by atoms with E-state index in [4.69, 9.17) is 9.47 Å². The molecule has 140 valence electrons. The van der Waals surface area contributed by atoms with Crippen LogP contribution in [0.5, 0.6) is 11.5 Å². The SMILES string of the molecule is COc1ccc2c(c1)CCCC2(O)CNS(=O)(=O)c1ccccc1OC. The lowest BCUT2D eigenvalue weighted by atomic mass is 9.79. The number of hydrogen-bond acceptors (Lipinski definition) is 5. The van der Waals surface area contributed by atoms with Gasteiger partial charge < -0.3 is 14.6 Å². The van der Waals surface area contributed by atoms with E-state index in [2.05, 4.69) is 4.72 Å². The maximum atomic E-state index is 12.7. The molecule has 0 amide bonds. The minimum Gasteiger partial charge on any atom is -0.497 e. The van der Waals surface area contributed by atoms with E-state index in [0.717, 1.165) is 29.7 Å². The molecule has 0 spiro atoms. The minimum absolute atomic E-state index is 0.0527. The lowest BCUT2D eigenvalue weighted by molar-refractivity contribution is 0.0242. The van der Waals surface area contributed by atoms with Crippen molar-refractivity contribution in [2.75, 3.05) is 20.8 Å². The third-order valence-electron chi connectivity index (χ3n) is 4.76. The predicted octanol–water partition coefficient (Wildman–Crippen LogP) is 2.21. The van der Waals surface area contributed by atoms with Crippen LogP contribution in [0, 0.1) is 0 Å². The lowest BCUT2D eigenvalue weighted by Crippen LogP contribution is -2.43.